The van der Waals surface area contributed by atoms with Crippen molar-refractivity contribution in [1.82, 2.24) is 9.97 Å². The second-order valence-electron chi connectivity index (χ2n) is 3.41. The van der Waals surface area contributed by atoms with E-state index in [4.69, 9.17) is 10.5 Å². The van der Waals surface area contributed by atoms with Crippen LogP contribution in [0.15, 0.2) is 24.3 Å². The second-order valence-corrected chi connectivity index (χ2v) is 3.41. The summed E-state index contributed by atoms with van der Waals surface area (Å²) in [5.41, 5.74) is 5.46. The molecular weight excluding hydrogens is 242 g/mol. The Morgan fingerprint density at radius 1 is 1.11 bits per heavy atom. The van der Waals surface area contributed by atoms with Gasteiger partial charge in [0.2, 0.25) is 11.8 Å². The van der Waals surface area contributed by atoms with Gasteiger partial charge in [-0.25, -0.2) is 8.78 Å². The van der Waals surface area contributed by atoms with Gasteiger partial charge in [0.15, 0.2) is 0 Å². The van der Waals surface area contributed by atoms with Crippen molar-refractivity contribution in [3.63, 3.8) is 0 Å². The van der Waals surface area contributed by atoms with E-state index in [0.717, 1.165) is 18.2 Å². The minimum absolute atomic E-state index is 0.00581. The summed E-state index contributed by atoms with van der Waals surface area (Å²) in [7, 11) is 1.65. The number of aromatic nitrogens is 2. The highest BCUT2D eigenvalue weighted by Gasteiger charge is 2.06. The van der Waals surface area contributed by atoms with Crippen LogP contribution in [-0.2, 0) is 0 Å². The van der Waals surface area contributed by atoms with Gasteiger partial charge in [-0.2, -0.15) is 9.97 Å². The molecule has 0 spiro atoms. The number of rotatable bonds is 3. The maximum Gasteiger partial charge on any atom is 0.226 e. The Kier molecular flexibility index (Phi) is 3.22. The molecule has 0 amide bonds. The summed E-state index contributed by atoms with van der Waals surface area (Å²) in [5.74, 6) is -0.950. The summed E-state index contributed by atoms with van der Waals surface area (Å²) in [5, 5.41) is 2.76. The zero-order valence-electron chi connectivity index (χ0n) is 9.45. The second kappa shape index (κ2) is 4.82. The monoisotopic (exact) mass is 252 g/mol. The van der Waals surface area contributed by atoms with E-state index in [0.29, 0.717) is 5.82 Å². The number of halogens is 2. The lowest BCUT2D eigenvalue weighted by molar-refractivity contribution is 0.451. The number of nitrogens with one attached hydrogen (secondary N) is 1. The van der Waals surface area contributed by atoms with Gasteiger partial charge in [0.05, 0.1) is 0 Å². The predicted molar refractivity (Wildman–Crippen MR) is 62.4 cm³/mol. The Morgan fingerprint density at radius 2 is 1.78 bits per heavy atom. The van der Waals surface area contributed by atoms with Gasteiger partial charge in [-0.15, -0.1) is 0 Å². The van der Waals surface area contributed by atoms with E-state index in [-0.39, 0.29) is 17.6 Å². The van der Waals surface area contributed by atoms with E-state index in [1.54, 1.807) is 7.05 Å². The molecule has 0 radical (unpaired) electrons. The van der Waals surface area contributed by atoms with Crippen LogP contribution in [0, 0.1) is 11.6 Å². The Hall–Kier alpha value is -2.44. The molecule has 0 aliphatic carbocycles. The quantitative estimate of drug-likeness (QED) is 0.875. The van der Waals surface area contributed by atoms with Gasteiger partial charge in [0, 0.05) is 31.3 Å². The number of anilines is 2. The standard InChI is InChI=1S/C11H10F2N4O/c1-15-9-5-10(17-11(14)16-9)18-8-3-6(12)2-7(13)4-8/h2-5H,1H3,(H3,14,15,16,17). The lowest BCUT2D eigenvalue weighted by Gasteiger charge is -2.07. The molecule has 18 heavy (non-hydrogen) atoms. The minimum atomic E-state index is -0.735. The number of nitrogen functional groups attached to an aromatic ring is 1. The minimum Gasteiger partial charge on any atom is -0.439 e. The molecule has 1 aromatic heterocycles. The molecule has 1 aromatic carbocycles. The third kappa shape index (κ3) is 2.82. The molecule has 3 N–H and O–H groups in total. The Balaban J connectivity index is 2.30. The highest BCUT2D eigenvalue weighted by Crippen LogP contribution is 2.23. The van der Waals surface area contributed by atoms with E-state index in [1.165, 1.54) is 6.07 Å². The average molecular weight is 252 g/mol. The SMILES string of the molecule is CNc1cc(Oc2cc(F)cc(F)c2)nc(N)n1. The van der Waals surface area contributed by atoms with Crippen molar-refractivity contribution in [3.8, 4) is 11.6 Å². The first kappa shape index (κ1) is 12.0. The van der Waals surface area contributed by atoms with E-state index < -0.39 is 11.6 Å². The first-order valence-electron chi connectivity index (χ1n) is 5.03. The van der Waals surface area contributed by atoms with Crippen molar-refractivity contribution in [2.24, 2.45) is 0 Å². The molecule has 0 aliphatic rings. The lowest BCUT2D eigenvalue weighted by Crippen LogP contribution is -2.01. The van der Waals surface area contributed by atoms with Crippen LogP contribution in [0.2, 0.25) is 0 Å². The molecule has 5 nitrogen and oxygen atoms in total. The molecule has 1 heterocycles. The third-order valence-electron chi connectivity index (χ3n) is 2.03. The molecule has 94 valence electrons. The smallest absolute Gasteiger partial charge is 0.226 e. The molecule has 0 fully saturated rings. The molecule has 0 aliphatic heterocycles. The van der Waals surface area contributed by atoms with Crippen molar-refractivity contribution in [2.75, 3.05) is 18.1 Å². The number of benzene rings is 1. The normalized spacial score (nSPS) is 10.2. The first-order chi connectivity index (χ1) is 8.56. The summed E-state index contributed by atoms with van der Waals surface area (Å²) >= 11 is 0. The Bertz CT molecular complexity index is 557. The van der Waals surface area contributed by atoms with E-state index >= 15 is 0 Å². The fourth-order valence-corrected chi connectivity index (χ4v) is 1.33. The van der Waals surface area contributed by atoms with Crippen LogP contribution < -0.4 is 15.8 Å². The first-order valence-corrected chi connectivity index (χ1v) is 5.03. The molecule has 0 saturated carbocycles. The Labute approximate surface area is 102 Å². The van der Waals surface area contributed by atoms with Crippen molar-refractivity contribution in [2.45, 2.75) is 0 Å². The zero-order valence-corrected chi connectivity index (χ0v) is 9.45. The van der Waals surface area contributed by atoms with E-state index in [2.05, 4.69) is 15.3 Å². The average Bonchev–Trinajstić information content (AvgIpc) is 2.26. The maximum atomic E-state index is 13.0. The number of hydrogen-bond donors (Lipinski definition) is 2. The fourth-order valence-electron chi connectivity index (χ4n) is 1.33. The van der Waals surface area contributed by atoms with Crippen molar-refractivity contribution in [1.29, 1.82) is 0 Å². The van der Waals surface area contributed by atoms with Gasteiger partial charge in [0.25, 0.3) is 0 Å². The Morgan fingerprint density at radius 3 is 2.39 bits per heavy atom. The molecular formula is C11H10F2N4O. The van der Waals surface area contributed by atoms with Crippen LogP contribution in [0.4, 0.5) is 20.5 Å². The topological polar surface area (TPSA) is 73.1 Å². The highest BCUT2D eigenvalue weighted by molar-refractivity contribution is 5.43. The molecule has 0 unspecified atom stereocenters. The molecule has 0 bridgehead atoms. The lowest BCUT2D eigenvalue weighted by atomic mass is 10.3. The van der Waals surface area contributed by atoms with Crippen molar-refractivity contribution in [3.05, 3.63) is 35.9 Å². The summed E-state index contributed by atoms with van der Waals surface area (Å²) in [6.45, 7) is 0. The number of ether oxygens (including phenoxy) is 1. The van der Waals surface area contributed by atoms with Crippen LogP contribution in [0.5, 0.6) is 11.6 Å². The van der Waals surface area contributed by atoms with E-state index in [1.807, 2.05) is 0 Å². The predicted octanol–water partition coefficient (Wildman–Crippen LogP) is 2.17. The summed E-state index contributed by atoms with van der Waals surface area (Å²) < 4.78 is 31.1. The van der Waals surface area contributed by atoms with Crippen molar-refractivity contribution < 1.29 is 13.5 Å². The van der Waals surface area contributed by atoms with Gasteiger partial charge in [0.1, 0.15) is 23.2 Å². The van der Waals surface area contributed by atoms with Crippen LogP contribution in [0.3, 0.4) is 0 Å². The van der Waals surface area contributed by atoms with E-state index in [9.17, 15) is 8.78 Å². The van der Waals surface area contributed by atoms with Gasteiger partial charge in [-0.3, -0.25) is 0 Å². The van der Waals surface area contributed by atoms with Crippen LogP contribution in [0.25, 0.3) is 0 Å². The van der Waals surface area contributed by atoms with Gasteiger partial charge in [-0.1, -0.05) is 0 Å². The van der Waals surface area contributed by atoms with Crippen LogP contribution >= 0.6 is 0 Å². The highest BCUT2D eigenvalue weighted by atomic mass is 19.1. The molecule has 7 heteroatoms. The maximum absolute atomic E-state index is 13.0. The number of nitrogens with two attached hydrogens (primary N) is 1. The number of nitrogens with zero attached hydrogens (tertiary/aromatic N) is 2. The molecule has 2 aromatic rings. The van der Waals surface area contributed by atoms with Crippen LogP contribution in [-0.4, -0.2) is 17.0 Å². The molecule has 2 rings (SSSR count). The number of hydrogen-bond acceptors (Lipinski definition) is 5. The fraction of sp³-hybridized carbons (Fsp3) is 0.0909. The third-order valence-corrected chi connectivity index (χ3v) is 2.03. The van der Waals surface area contributed by atoms with Gasteiger partial charge < -0.3 is 15.8 Å². The summed E-state index contributed by atoms with van der Waals surface area (Å²) in [6, 6.07) is 4.29. The summed E-state index contributed by atoms with van der Waals surface area (Å²) in [4.78, 5) is 7.65. The van der Waals surface area contributed by atoms with Gasteiger partial charge >= 0.3 is 0 Å². The molecule has 0 saturated heterocycles. The summed E-state index contributed by atoms with van der Waals surface area (Å²) in [6.07, 6.45) is 0. The van der Waals surface area contributed by atoms with Gasteiger partial charge in [-0.05, 0) is 0 Å². The molecule has 0 atom stereocenters. The van der Waals surface area contributed by atoms with Crippen LogP contribution in [0.1, 0.15) is 0 Å². The largest absolute Gasteiger partial charge is 0.439 e. The zero-order chi connectivity index (χ0) is 13.1. The van der Waals surface area contributed by atoms with Crippen molar-refractivity contribution >= 4 is 11.8 Å².